The fourth-order valence-corrected chi connectivity index (χ4v) is 0. The van der Waals surface area contributed by atoms with Crippen molar-refractivity contribution in [1.82, 2.24) is 0 Å². The second-order valence-corrected chi connectivity index (χ2v) is 0.868. The van der Waals surface area contributed by atoms with Gasteiger partial charge in [-0.3, -0.25) is 4.79 Å². The standard InChI is InChI=1S/C2H4O2S.Cd/c3-2(4)1-5;/h5H,1H2,(H,3,4);. The van der Waals surface area contributed by atoms with Gasteiger partial charge in [0.1, 0.15) is 0 Å². The summed E-state index contributed by atoms with van der Waals surface area (Å²) in [6.45, 7) is 0. The van der Waals surface area contributed by atoms with Crippen LogP contribution < -0.4 is 0 Å². The molecule has 2 nitrogen and oxygen atoms in total. The Balaban J connectivity index is 0. The zero-order valence-corrected chi connectivity index (χ0v) is 8.15. The second kappa shape index (κ2) is 5.74. The molecule has 0 aliphatic carbocycles. The van der Waals surface area contributed by atoms with Crippen molar-refractivity contribution >= 4 is 18.6 Å². The van der Waals surface area contributed by atoms with E-state index in [0.717, 1.165) is 0 Å². The van der Waals surface area contributed by atoms with Crippen molar-refractivity contribution in [2.75, 3.05) is 5.75 Å². The maximum atomic E-state index is 9.29. The third-order valence-electron chi connectivity index (χ3n) is 0.135. The van der Waals surface area contributed by atoms with E-state index in [2.05, 4.69) is 12.6 Å². The maximum absolute atomic E-state index is 9.29. The summed E-state index contributed by atoms with van der Waals surface area (Å²) in [6.07, 6.45) is 0. The SMILES string of the molecule is O=C(O)CS.[Cd]. The van der Waals surface area contributed by atoms with E-state index in [4.69, 9.17) is 5.11 Å². The molecular formula is C2H4CdO2S. The van der Waals surface area contributed by atoms with Crippen LogP contribution in [0.15, 0.2) is 0 Å². The summed E-state index contributed by atoms with van der Waals surface area (Å²) in [5, 5.41) is 7.65. The molecule has 0 heterocycles. The first-order valence-electron chi connectivity index (χ1n) is 1.10. The minimum atomic E-state index is -0.881. The summed E-state index contributed by atoms with van der Waals surface area (Å²) in [7, 11) is 0. The van der Waals surface area contributed by atoms with E-state index in [1.807, 2.05) is 0 Å². The van der Waals surface area contributed by atoms with Gasteiger partial charge in [-0.05, 0) is 0 Å². The van der Waals surface area contributed by atoms with Crippen LogP contribution in [0.2, 0.25) is 0 Å². The zero-order chi connectivity index (χ0) is 4.28. The summed E-state index contributed by atoms with van der Waals surface area (Å²) in [4.78, 5) is 9.29. The maximum Gasteiger partial charge on any atom is 0.313 e. The zero-order valence-electron chi connectivity index (χ0n) is 3.22. The Bertz CT molecular complexity index is 46.8. The molecule has 0 amide bonds. The summed E-state index contributed by atoms with van der Waals surface area (Å²) < 4.78 is 0. The minimum Gasteiger partial charge on any atom is -0.481 e. The van der Waals surface area contributed by atoms with Gasteiger partial charge in [0, 0.05) is 27.3 Å². The van der Waals surface area contributed by atoms with Gasteiger partial charge >= 0.3 is 5.97 Å². The molecule has 6 heavy (non-hydrogen) atoms. The van der Waals surface area contributed by atoms with Crippen molar-refractivity contribution in [3.05, 3.63) is 0 Å². The third-order valence-corrected chi connectivity index (χ3v) is 0.406. The van der Waals surface area contributed by atoms with Crippen LogP contribution in [0, 0.1) is 0 Å². The number of carboxylic acids is 1. The van der Waals surface area contributed by atoms with E-state index in [1.54, 1.807) is 0 Å². The Labute approximate surface area is 61.5 Å². The molecule has 32 valence electrons. The molecule has 1 N–H and O–H groups in total. The summed E-state index contributed by atoms with van der Waals surface area (Å²) in [6, 6.07) is 0. The normalized spacial score (nSPS) is 6.17. The Morgan fingerprint density at radius 1 is 1.83 bits per heavy atom. The van der Waals surface area contributed by atoms with Gasteiger partial charge in [-0.15, -0.1) is 0 Å². The first-order chi connectivity index (χ1) is 2.27. The predicted molar refractivity (Wildman–Crippen MR) is 21.5 cm³/mol. The molecular weight excluding hydrogens is 200 g/mol. The van der Waals surface area contributed by atoms with E-state index in [0.29, 0.717) is 0 Å². The molecule has 0 aromatic rings. The molecule has 0 aromatic carbocycles. The average molecular weight is 205 g/mol. The number of carboxylic acid groups (broad SMARTS) is 1. The third kappa shape index (κ3) is 8.83. The van der Waals surface area contributed by atoms with E-state index in [1.165, 1.54) is 0 Å². The predicted octanol–water partition coefficient (Wildman–Crippen LogP) is -0.00170. The quantitative estimate of drug-likeness (QED) is 0.466. The van der Waals surface area contributed by atoms with Crippen LogP contribution in [0.3, 0.4) is 0 Å². The molecule has 0 aliphatic rings. The van der Waals surface area contributed by atoms with Crippen molar-refractivity contribution in [2.45, 2.75) is 0 Å². The van der Waals surface area contributed by atoms with E-state index in [9.17, 15) is 4.79 Å². The number of hydrogen-bond acceptors (Lipinski definition) is 2. The summed E-state index contributed by atoms with van der Waals surface area (Å²) in [5.74, 6) is -0.965. The number of hydrogen-bond donors (Lipinski definition) is 2. The van der Waals surface area contributed by atoms with Crippen molar-refractivity contribution < 1.29 is 37.2 Å². The number of carbonyl (C=O) groups is 1. The van der Waals surface area contributed by atoms with Crippen LogP contribution in [-0.4, -0.2) is 16.8 Å². The Hall–Kier alpha value is 0.742. The molecule has 0 unspecified atom stereocenters. The van der Waals surface area contributed by atoms with Crippen LogP contribution in [0.5, 0.6) is 0 Å². The molecule has 0 saturated heterocycles. The minimum absolute atomic E-state index is 0. The molecule has 0 fully saturated rings. The smallest absolute Gasteiger partial charge is 0.313 e. The largest absolute Gasteiger partial charge is 0.481 e. The van der Waals surface area contributed by atoms with Gasteiger partial charge in [0.25, 0.3) is 0 Å². The molecule has 0 aromatic heterocycles. The van der Waals surface area contributed by atoms with Crippen LogP contribution in [0.1, 0.15) is 0 Å². The summed E-state index contributed by atoms with van der Waals surface area (Å²) in [5.41, 5.74) is 0. The number of rotatable bonds is 1. The average Bonchev–Trinajstić information content (AvgIpc) is 1.38. The van der Waals surface area contributed by atoms with Gasteiger partial charge in [0.2, 0.25) is 0 Å². The number of thiol groups is 1. The van der Waals surface area contributed by atoms with Crippen LogP contribution in [0.4, 0.5) is 0 Å². The van der Waals surface area contributed by atoms with Gasteiger partial charge in [-0.2, -0.15) is 12.6 Å². The first kappa shape index (κ1) is 9.89. The fourth-order valence-electron chi connectivity index (χ4n) is 0. The van der Waals surface area contributed by atoms with E-state index in [-0.39, 0.29) is 33.1 Å². The summed E-state index contributed by atoms with van der Waals surface area (Å²) >= 11 is 3.42. The molecule has 0 saturated carbocycles. The van der Waals surface area contributed by atoms with Gasteiger partial charge in [0.15, 0.2) is 0 Å². The van der Waals surface area contributed by atoms with Gasteiger partial charge in [-0.25, -0.2) is 0 Å². The van der Waals surface area contributed by atoms with Crippen LogP contribution >= 0.6 is 12.6 Å². The van der Waals surface area contributed by atoms with Gasteiger partial charge in [-0.1, -0.05) is 0 Å². The molecule has 0 atom stereocenters. The van der Waals surface area contributed by atoms with E-state index < -0.39 is 5.97 Å². The van der Waals surface area contributed by atoms with Crippen LogP contribution in [0.25, 0.3) is 0 Å². The Kier molecular flexibility index (Phi) is 9.46. The topological polar surface area (TPSA) is 37.3 Å². The first-order valence-corrected chi connectivity index (χ1v) is 1.73. The molecule has 0 rings (SSSR count). The van der Waals surface area contributed by atoms with Crippen molar-refractivity contribution in [1.29, 1.82) is 0 Å². The molecule has 0 spiro atoms. The Morgan fingerprint density at radius 3 is 2.00 bits per heavy atom. The van der Waals surface area contributed by atoms with Crippen molar-refractivity contribution in [3.63, 3.8) is 0 Å². The van der Waals surface area contributed by atoms with Crippen molar-refractivity contribution in [3.8, 4) is 0 Å². The second-order valence-electron chi connectivity index (χ2n) is 0.552. The fraction of sp³-hybridized carbons (Fsp3) is 0.500. The number of aliphatic carboxylic acids is 1. The van der Waals surface area contributed by atoms with Gasteiger partial charge < -0.3 is 5.11 Å². The molecule has 0 bridgehead atoms. The van der Waals surface area contributed by atoms with Crippen molar-refractivity contribution in [2.24, 2.45) is 0 Å². The van der Waals surface area contributed by atoms with Gasteiger partial charge in [0.05, 0.1) is 5.75 Å². The van der Waals surface area contributed by atoms with E-state index >= 15 is 0 Å². The molecule has 0 radical (unpaired) electrons. The Morgan fingerprint density at radius 2 is 2.00 bits per heavy atom. The molecule has 4 heteroatoms. The monoisotopic (exact) mass is 206 g/mol. The van der Waals surface area contributed by atoms with Crippen LogP contribution in [-0.2, 0) is 32.1 Å². The molecule has 0 aliphatic heterocycles.